The van der Waals surface area contributed by atoms with Gasteiger partial charge in [-0.05, 0) is 37.1 Å². The first-order chi connectivity index (χ1) is 11.6. The summed E-state index contributed by atoms with van der Waals surface area (Å²) in [5.74, 6) is 0.0446. The number of benzene rings is 1. The number of anilines is 1. The molecule has 24 heavy (non-hydrogen) atoms. The molecule has 2 aromatic rings. The maximum absolute atomic E-state index is 12.8. The number of fused-ring (bicyclic) bond motifs is 1. The van der Waals surface area contributed by atoms with Crippen LogP contribution in [0.4, 0.5) is 5.13 Å². The van der Waals surface area contributed by atoms with Gasteiger partial charge in [0.25, 0.3) is 0 Å². The molecule has 1 aromatic heterocycles. The molecule has 1 aliphatic heterocycles. The zero-order valence-electron chi connectivity index (χ0n) is 13.6. The third-order valence-corrected chi connectivity index (χ3v) is 6.27. The van der Waals surface area contributed by atoms with Crippen LogP contribution in [0.3, 0.4) is 0 Å². The fourth-order valence-electron chi connectivity index (χ4n) is 3.35. The minimum atomic E-state index is -0.424. The first-order valence-corrected chi connectivity index (χ1v) is 9.58. The van der Waals surface area contributed by atoms with Gasteiger partial charge in [-0.25, -0.2) is 4.98 Å². The molecule has 4 rings (SSSR count). The fourth-order valence-corrected chi connectivity index (χ4v) is 4.58. The second-order valence-electron chi connectivity index (χ2n) is 6.55. The molecule has 1 amide bonds. The summed E-state index contributed by atoms with van der Waals surface area (Å²) in [6.07, 6.45) is 2.71. The Morgan fingerprint density at radius 1 is 1.46 bits per heavy atom. The van der Waals surface area contributed by atoms with E-state index < -0.39 is 5.41 Å². The van der Waals surface area contributed by atoms with Gasteiger partial charge in [-0.2, -0.15) is 0 Å². The molecule has 1 fully saturated rings. The Bertz CT molecular complexity index is 784. The van der Waals surface area contributed by atoms with Crippen molar-refractivity contribution in [1.29, 1.82) is 0 Å². The van der Waals surface area contributed by atoms with Crippen molar-refractivity contribution in [1.82, 2.24) is 9.88 Å². The average molecular weight is 362 g/mol. The Labute approximate surface area is 150 Å². The predicted molar refractivity (Wildman–Crippen MR) is 97.8 cm³/mol. The Morgan fingerprint density at radius 2 is 2.29 bits per heavy atom. The third-order valence-electron chi connectivity index (χ3n) is 5.04. The molecule has 0 saturated heterocycles. The number of nitrogens with one attached hydrogen (secondary N) is 1. The molecule has 2 heterocycles. The van der Waals surface area contributed by atoms with E-state index in [0.717, 1.165) is 55.3 Å². The summed E-state index contributed by atoms with van der Waals surface area (Å²) in [7, 11) is 0. The van der Waals surface area contributed by atoms with E-state index in [1.165, 1.54) is 4.88 Å². The van der Waals surface area contributed by atoms with E-state index in [2.05, 4.69) is 22.1 Å². The molecule has 126 valence electrons. The summed E-state index contributed by atoms with van der Waals surface area (Å²) in [5, 5.41) is 4.47. The summed E-state index contributed by atoms with van der Waals surface area (Å²) >= 11 is 7.71. The standard InChI is InChI=1S/C18H20ClN3OS/c1-2-22-9-6-14-15(11-22)24-17(20-14)21-16(23)18(7-8-18)12-4-3-5-13(19)10-12/h3-5,10H,2,6-9,11H2,1H3,(H,20,21,23). The van der Waals surface area contributed by atoms with Crippen LogP contribution in [0.5, 0.6) is 0 Å². The Morgan fingerprint density at radius 3 is 3.00 bits per heavy atom. The summed E-state index contributed by atoms with van der Waals surface area (Å²) in [5.41, 5.74) is 1.73. The van der Waals surface area contributed by atoms with Crippen molar-refractivity contribution >= 4 is 34.0 Å². The van der Waals surface area contributed by atoms with E-state index in [1.54, 1.807) is 11.3 Å². The zero-order chi connectivity index (χ0) is 16.7. The van der Waals surface area contributed by atoms with Gasteiger partial charge in [0.15, 0.2) is 5.13 Å². The number of nitrogens with zero attached hydrogens (tertiary/aromatic N) is 2. The Kier molecular flexibility index (Phi) is 4.11. The van der Waals surface area contributed by atoms with Crippen molar-refractivity contribution in [3.05, 3.63) is 45.4 Å². The summed E-state index contributed by atoms with van der Waals surface area (Å²) in [6.45, 7) is 5.22. The van der Waals surface area contributed by atoms with Gasteiger partial charge in [0.05, 0.1) is 11.1 Å². The summed E-state index contributed by atoms with van der Waals surface area (Å²) in [4.78, 5) is 21.2. The largest absolute Gasteiger partial charge is 0.301 e. The topological polar surface area (TPSA) is 45.2 Å². The van der Waals surface area contributed by atoms with Gasteiger partial charge in [-0.15, -0.1) is 11.3 Å². The first-order valence-electron chi connectivity index (χ1n) is 8.39. The lowest BCUT2D eigenvalue weighted by atomic mass is 9.95. The maximum atomic E-state index is 12.8. The molecule has 1 aromatic carbocycles. The lowest BCUT2D eigenvalue weighted by Crippen LogP contribution is -2.29. The van der Waals surface area contributed by atoms with Crippen LogP contribution in [0, 0.1) is 0 Å². The van der Waals surface area contributed by atoms with Crippen molar-refractivity contribution in [2.24, 2.45) is 0 Å². The van der Waals surface area contributed by atoms with Crippen LogP contribution < -0.4 is 5.32 Å². The number of carbonyl (C=O) groups is 1. The minimum absolute atomic E-state index is 0.0446. The van der Waals surface area contributed by atoms with Crippen LogP contribution in [0.15, 0.2) is 24.3 Å². The smallest absolute Gasteiger partial charge is 0.236 e. The lowest BCUT2D eigenvalue weighted by Gasteiger charge is -2.23. The van der Waals surface area contributed by atoms with Crippen LogP contribution in [0.25, 0.3) is 0 Å². The number of thiazole rings is 1. The molecular formula is C18H20ClN3OS. The van der Waals surface area contributed by atoms with E-state index in [1.807, 2.05) is 24.3 Å². The van der Waals surface area contributed by atoms with Crippen LogP contribution >= 0.6 is 22.9 Å². The van der Waals surface area contributed by atoms with Crippen molar-refractivity contribution in [3.63, 3.8) is 0 Å². The Balaban J connectivity index is 1.52. The molecule has 0 atom stereocenters. The molecule has 2 aliphatic rings. The molecule has 0 spiro atoms. The monoisotopic (exact) mass is 361 g/mol. The predicted octanol–water partition coefficient (Wildman–Crippen LogP) is 3.84. The number of likely N-dealkylation sites (N-methyl/N-ethyl adjacent to an activating group) is 1. The van der Waals surface area contributed by atoms with Gasteiger partial charge in [0.2, 0.25) is 5.91 Å². The van der Waals surface area contributed by atoms with Gasteiger partial charge in [-0.1, -0.05) is 30.7 Å². The van der Waals surface area contributed by atoms with Gasteiger partial charge in [0.1, 0.15) is 0 Å². The van der Waals surface area contributed by atoms with Gasteiger partial charge in [-0.3, -0.25) is 9.69 Å². The molecule has 6 heteroatoms. The van der Waals surface area contributed by atoms with Gasteiger partial charge < -0.3 is 5.32 Å². The molecule has 1 N–H and O–H groups in total. The van der Waals surface area contributed by atoms with Crippen molar-refractivity contribution in [2.75, 3.05) is 18.4 Å². The van der Waals surface area contributed by atoms with E-state index in [0.29, 0.717) is 5.02 Å². The number of carbonyl (C=O) groups excluding carboxylic acids is 1. The molecule has 4 nitrogen and oxygen atoms in total. The second kappa shape index (κ2) is 6.14. The molecule has 1 aliphatic carbocycles. The quantitative estimate of drug-likeness (QED) is 0.899. The fraction of sp³-hybridized carbons (Fsp3) is 0.444. The average Bonchev–Trinajstić information content (AvgIpc) is 3.30. The maximum Gasteiger partial charge on any atom is 0.236 e. The van der Waals surface area contributed by atoms with Crippen LogP contribution in [0.1, 0.15) is 35.9 Å². The normalized spacial score (nSPS) is 18.9. The molecule has 1 saturated carbocycles. The van der Waals surface area contributed by atoms with Gasteiger partial charge >= 0.3 is 0 Å². The van der Waals surface area contributed by atoms with Gasteiger partial charge in [0, 0.05) is 29.4 Å². The second-order valence-corrected chi connectivity index (χ2v) is 8.07. The van der Waals surface area contributed by atoms with Crippen LogP contribution in [-0.4, -0.2) is 28.9 Å². The lowest BCUT2D eigenvalue weighted by molar-refractivity contribution is -0.118. The number of rotatable bonds is 4. The molecular weight excluding hydrogens is 342 g/mol. The number of halogens is 1. The first kappa shape index (κ1) is 16.1. The van der Waals surface area contributed by atoms with Crippen molar-refractivity contribution in [3.8, 4) is 0 Å². The van der Waals surface area contributed by atoms with E-state index in [4.69, 9.17) is 11.6 Å². The summed E-state index contributed by atoms with van der Waals surface area (Å²) in [6, 6.07) is 7.64. The molecule has 0 unspecified atom stereocenters. The number of aromatic nitrogens is 1. The van der Waals surface area contributed by atoms with E-state index >= 15 is 0 Å². The Hall–Kier alpha value is -1.43. The third kappa shape index (κ3) is 2.85. The SMILES string of the molecule is CCN1CCc2nc(NC(=O)C3(c4cccc(Cl)c4)CC3)sc2C1. The highest BCUT2D eigenvalue weighted by molar-refractivity contribution is 7.15. The molecule has 0 bridgehead atoms. The number of hydrogen-bond acceptors (Lipinski definition) is 4. The van der Waals surface area contributed by atoms with E-state index in [9.17, 15) is 4.79 Å². The highest BCUT2D eigenvalue weighted by Gasteiger charge is 2.51. The van der Waals surface area contributed by atoms with E-state index in [-0.39, 0.29) is 5.91 Å². The zero-order valence-corrected chi connectivity index (χ0v) is 15.2. The van der Waals surface area contributed by atoms with Crippen LogP contribution in [-0.2, 0) is 23.2 Å². The minimum Gasteiger partial charge on any atom is -0.301 e. The highest BCUT2D eigenvalue weighted by atomic mass is 35.5. The van der Waals surface area contributed by atoms with Crippen molar-refractivity contribution in [2.45, 2.75) is 38.1 Å². The van der Waals surface area contributed by atoms with Crippen molar-refractivity contribution < 1.29 is 4.79 Å². The van der Waals surface area contributed by atoms with Crippen LogP contribution in [0.2, 0.25) is 5.02 Å². The summed E-state index contributed by atoms with van der Waals surface area (Å²) < 4.78 is 0. The number of hydrogen-bond donors (Lipinski definition) is 1. The number of amides is 1. The highest BCUT2D eigenvalue weighted by Crippen LogP contribution is 2.49. The molecule has 0 radical (unpaired) electrons.